The summed E-state index contributed by atoms with van der Waals surface area (Å²) in [6.45, 7) is 1.23. The van der Waals surface area contributed by atoms with Gasteiger partial charge in [-0.3, -0.25) is 10.1 Å². The van der Waals surface area contributed by atoms with E-state index in [1.807, 2.05) is 22.4 Å². The predicted molar refractivity (Wildman–Crippen MR) is 102 cm³/mol. The van der Waals surface area contributed by atoms with Gasteiger partial charge in [-0.25, -0.2) is 0 Å². The number of aliphatic hydroxyl groups excluding tert-OH is 1. The Labute approximate surface area is 164 Å². The number of ether oxygens (including phenoxy) is 1. The van der Waals surface area contributed by atoms with E-state index in [0.717, 1.165) is 24.3 Å². The quantitative estimate of drug-likeness (QED) is 0.657. The summed E-state index contributed by atoms with van der Waals surface area (Å²) >= 11 is 1.45. The van der Waals surface area contributed by atoms with E-state index in [9.17, 15) is 9.90 Å². The van der Waals surface area contributed by atoms with E-state index in [2.05, 4.69) is 25.7 Å². The number of thiophene rings is 1. The molecule has 28 heavy (non-hydrogen) atoms. The van der Waals surface area contributed by atoms with Crippen LogP contribution in [0.3, 0.4) is 0 Å². The highest BCUT2D eigenvalue weighted by molar-refractivity contribution is 7.13. The maximum atomic E-state index is 12.6. The molecular weight excluding hydrogens is 384 g/mol. The lowest BCUT2D eigenvalue weighted by molar-refractivity contribution is 0.101. The Morgan fingerprint density at radius 1 is 1.39 bits per heavy atom. The smallest absolute Gasteiger partial charge is 0.322 e. The van der Waals surface area contributed by atoms with Gasteiger partial charge in [-0.2, -0.15) is 0 Å². The van der Waals surface area contributed by atoms with Crippen molar-refractivity contribution in [3.05, 3.63) is 29.3 Å². The van der Waals surface area contributed by atoms with Crippen LogP contribution in [0.15, 0.2) is 28.0 Å². The van der Waals surface area contributed by atoms with Gasteiger partial charge >= 0.3 is 6.01 Å². The summed E-state index contributed by atoms with van der Waals surface area (Å²) in [4.78, 5) is 15.3. The molecule has 1 aliphatic heterocycles. The van der Waals surface area contributed by atoms with Crippen LogP contribution in [0, 0.1) is 0 Å². The van der Waals surface area contributed by atoms with Gasteiger partial charge in [0.2, 0.25) is 0 Å². The molecule has 1 aliphatic rings. The number of hydrogen-bond donors (Lipinski definition) is 2. The summed E-state index contributed by atoms with van der Waals surface area (Å²) in [6.07, 6.45) is 1.22. The highest BCUT2D eigenvalue weighted by Gasteiger charge is 2.23. The van der Waals surface area contributed by atoms with E-state index in [1.54, 1.807) is 6.07 Å². The van der Waals surface area contributed by atoms with Gasteiger partial charge < -0.3 is 19.2 Å². The van der Waals surface area contributed by atoms with Crippen molar-refractivity contribution in [1.29, 1.82) is 0 Å². The number of piperidine rings is 1. The third-order valence-corrected chi connectivity index (χ3v) is 5.14. The van der Waals surface area contributed by atoms with Gasteiger partial charge in [0.15, 0.2) is 17.3 Å². The van der Waals surface area contributed by atoms with Crippen LogP contribution in [0.25, 0.3) is 10.8 Å². The van der Waals surface area contributed by atoms with E-state index < -0.39 is 12.0 Å². The topological polar surface area (TPSA) is 127 Å². The van der Waals surface area contributed by atoms with Gasteiger partial charge in [0.25, 0.3) is 11.8 Å². The first-order valence-electron chi connectivity index (χ1n) is 8.67. The molecule has 0 spiro atoms. The standard InChI is InChI=1S/C17H18N6O4S/c1-26-11-8-13(23-6-2-4-10(24)9-23)19-20-14(11)15(25)18-17-22-21-16(27-17)12-5-3-7-28-12/h3,5,7-8,10,24H,2,4,6,9H2,1H3,(H,18,22,25)/t10-/m1/s1. The first kappa shape index (κ1) is 18.3. The summed E-state index contributed by atoms with van der Waals surface area (Å²) in [7, 11) is 1.45. The molecule has 11 heteroatoms. The number of β-amino-alcohol motifs (C(OH)–C–C–N with tert-alkyl or cyclic N) is 1. The summed E-state index contributed by atoms with van der Waals surface area (Å²) in [5, 5.41) is 30.1. The van der Waals surface area contributed by atoms with Crippen molar-refractivity contribution in [2.45, 2.75) is 18.9 Å². The normalized spacial score (nSPS) is 16.8. The average molecular weight is 402 g/mol. The third-order valence-electron chi connectivity index (χ3n) is 4.28. The molecule has 1 fully saturated rings. The van der Waals surface area contributed by atoms with Crippen LogP contribution >= 0.6 is 11.3 Å². The first-order chi connectivity index (χ1) is 13.6. The van der Waals surface area contributed by atoms with E-state index in [-0.39, 0.29) is 17.5 Å². The molecule has 3 aromatic rings. The number of methoxy groups -OCH3 is 1. The molecule has 0 radical (unpaired) electrons. The van der Waals surface area contributed by atoms with Crippen LogP contribution in [0.1, 0.15) is 23.3 Å². The minimum Gasteiger partial charge on any atom is -0.494 e. The molecule has 0 saturated carbocycles. The number of aromatic nitrogens is 4. The molecule has 0 aliphatic carbocycles. The number of carbonyl (C=O) groups excluding carboxylic acids is 1. The number of amides is 1. The molecule has 10 nitrogen and oxygen atoms in total. The third kappa shape index (κ3) is 3.80. The zero-order chi connectivity index (χ0) is 19.5. The summed E-state index contributed by atoms with van der Waals surface area (Å²) in [5.41, 5.74) is -0.000295. The van der Waals surface area contributed by atoms with Crippen LogP contribution < -0.4 is 15.0 Å². The number of carbonyl (C=O) groups is 1. The number of anilines is 2. The van der Waals surface area contributed by atoms with Crippen LogP contribution in [-0.4, -0.2) is 57.7 Å². The SMILES string of the molecule is COc1cc(N2CCC[C@@H](O)C2)nnc1C(=O)Nc1nnc(-c2cccs2)o1. The van der Waals surface area contributed by atoms with Crippen molar-refractivity contribution in [2.75, 3.05) is 30.4 Å². The van der Waals surface area contributed by atoms with Crippen LogP contribution in [0.5, 0.6) is 5.75 Å². The van der Waals surface area contributed by atoms with Crippen LogP contribution in [0.2, 0.25) is 0 Å². The van der Waals surface area contributed by atoms with Crippen molar-refractivity contribution in [1.82, 2.24) is 20.4 Å². The Morgan fingerprint density at radius 3 is 3.04 bits per heavy atom. The minimum atomic E-state index is -0.573. The molecule has 2 N–H and O–H groups in total. The second-order valence-corrected chi connectivity index (χ2v) is 7.15. The average Bonchev–Trinajstić information content (AvgIpc) is 3.39. The fourth-order valence-corrected chi connectivity index (χ4v) is 3.57. The zero-order valence-electron chi connectivity index (χ0n) is 15.0. The van der Waals surface area contributed by atoms with E-state index in [4.69, 9.17) is 9.15 Å². The maximum absolute atomic E-state index is 12.6. The summed E-state index contributed by atoms with van der Waals surface area (Å²) in [5.74, 6) is 0.559. The highest BCUT2D eigenvalue weighted by Crippen LogP contribution is 2.26. The van der Waals surface area contributed by atoms with Crippen molar-refractivity contribution < 1.29 is 19.1 Å². The summed E-state index contributed by atoms with van der Waals surface area (Å²) < 4.78 is 10.8. The summed E-state index contributed by atoms with van der Waals surface area (Å²) in [6, 6.07) is 5.30. The number of nitrogens with one attached hydrogen (secondary N) is 1. The largest absolute Gasteiger partial charge is 0.494 e. The lowest BCUT2D eigenvalue weighted by Crippen LogP contribution is -2.39. The Hall–Kier alpha value is -3.05. The molecule has 3 aromatic heterocycles. The predicted octanol–water partition coefficient (Wildman–Crippen LogP) is 1.81. The molecule has 4 rings (SSSR count). The number of hydrogen-bond acceptors (Lipinski definition) is 10. The van der Waals surface area contributed by atoms with E-state index >= 15 is 0 Å². The molecule has 1 atom stereocenters. The number of rotatable bonds is 5. The van der Waals surface area contributed by atoms with Gasteiger partial charge in [0, 0.05) is 19.2 Å². The van der Waals surface area contributed by atoms with Crippen molar-refractivity contribution in [3.63, 3.8) is 0 Å². The second kappa shape index (κ2) is 7.90. The van der Waals surface area contributed by atoms with Crippen molar-refractivity contribution in [2.24, 2.45) is 0 Å². The Kier molecular flexibility index (Phi) is 5.17. The van der Waals surface area contributed by atoms with Crippen LogP contribution in [-0.2, 0) is 0 Å². The molecule has 146 valence electrons. The van der Waals surface area contributed by atoms with Gasteiger partial charge in [-0.05, 0) is 24.3 Å². The lowest BCUT2D eigenvalue weighted by Gasteiger charge is -2.30. The molecule has 1 amide bonds. The van der Waals surface area contributed by atoms with Gasteiger partial charge in [0.05, 0.1) is 18.1 Å². The van der Waals surface area contributed by atoms with Crippen molar-refractivity contribution >= 4 is 29.1 Å². The maximum Gasteiger partial charge on any atom is 0.322 e. The van der Waals surface area contributed by atoms with Gasteiger partial charge in [-0.1, -0.05) is 11.2 Å². The van der Waals surface area contributed by atoms with E-state index in [0.29, 0.717) is 18.3 Å². The van der Waals surface area contributed by atoms with Gasteiger partial charge in [0.1, 0.15) is 0 Å². The number of aliphatic hydroxyl groups is 1. The Balaban J connectivity index is 1.51. The first-order valence-corrected chi connectivity index (χ1v) is 9.55. The monoisotopic (exact) mass is 402 g/mol. The number of nitrogens with zero attached hydrogens (tertiary/aromatic N) is 5. The fraction of sp³-hybridized carbons (Fsp3) is 0.353. The van der Waals surface area contributed by atoms with Crippen molar-refractivity contribution in [3.8, 4) is 16.5 Å². The van der Waals surface area contributed by atoms with E-state index in [1.165, 1.54) is 18.4 Å². The van der Waals surface area contributed by atoms with Gasteiger partial charge in [-0.15, -0.1) is 26.6 Å². The Morgan fingerprint density at radius 2 is 2.29 bits per heavy atom. The molecule has 0 unspecified atom stereocenters. The molecule has 1 saturated heterocycles. The molecule has 0 aromatic carbocycles. The molecule has 0 bridgehead atoms. The Bertz CT molecular complexity index is 960. The zero-order valence-corrected chi connectivity index (χ0v) is 15.8. The minimum absolute atomic E-state index is 0.000295. The lowest BCUT2D eigenvalue weighted by atomic mass is 10.1. The highest BCUT2D eigenvalue weighted by atomic mass is 32.1. The fourth-order valence-electron chi connectivity index (χ4n) is 2.93. The molecule has 4 heterocycles. The van der Waals surface area contributed by atoms with Crippen LogP contribution in [0.4, 0.5) is 11.8 Å². The second-order valence-electron chi connectivity index (χ2n) is 6.21. The molecular formula is C17H18N6O4S.